The number of aromatic carboxylic acids is 1. The molecule has 2 heterocycles. The van der Waals surface area contributed by atoms with Gasteiger partial charge >= 0.3 is 12.1 Å². The van der Waals surface area contributed by atoms with E-state index in [2.05, 4.69) is 37.0 Å². The van der Waals surface area contributed by atoms with Gasteiger partial charge in [0.1, 0.15) is 5.75 Å². The Morgan fingerprint density at radius 3 is 2.81 bits per heavy atom. The summed E-state index contributed by atoms with van der Waals surface area (Å²) in [6, 6.07) is 1.30. The molecule has 0 bridgehead atoms. The number of pyridine rings is 1. The maximum Gasteiger partial charge on any atom is 0.422 e. The van der Waals surface area contributed by atoms with Crippen molar-refractivity contribution in [1.82, 2.24) is 20.4 Å². The van der Waals surface area contributed by atoms with Gasteiger partial charge < -0.3 is 14.6 Å². The maximum absolute atomic E-state index is 12.4. The van der Waals surface area contributed by atoms with Crippen LogP contribution in [0, 0.1) is 17.8 Å². The highest BCUT2D eigenvalue weighted by Gasteiger charge is 2.29. The predicted octanol–water partition coefficient (Wildman–Crippen LogP) is 2.39. The van der Waals surface area contributed by atoms with E-state index in [-0.39, 0.29) is 34.7 Å². The van der Waals surface area contributed by atoms with Crippen LogP contribution in [0.1, 0.15) is 28.9 Å². The van der Waals surface area contributed by atoms with Crippen molar-refractivity contribution in [1.29, 1.82) is 0 Å². The Hall–Kier alpha value is -3.29. The van der Waals surface area contributed by atoms with Gasteiger partial charge in [-0.3, -0.25) is 0 Å². The molecular weight excluding hydrogens is 357 g/mol. The number of carbonyl (C=O) groups is 1. The Kier molecular flexibility index (Phi) is 4.66. The van der Waals surface area contributed by atoms with Crippen molar-refractivity contribution in [3.8, 4) is 29.4 Å². The normalized spacial score (nSPS) is 13.7. The molecule has 1 fully saturated rings. The molecule has 26 heavy (non-hydrogen) atoms. The first kappa shape index (κ1) is 17.5. The van der Waals surface area contributed by atoms with Crippen molar-refractivity contribution in [2.45, 2.75) is 19.0 Å². The molecule has 0 unspecified atom stereocenters. The topological polar surface area (TPSA) is 110 Å². The summed E-state index contributed by atoms with van der Waals surface area (Å²) < 4.78 is 47.0. The van der Waals surface area contributed by atoms with Crippen molar-refractivity contribution in [2.75, 3.05) is 6.61 Å². The molecule has 2 aromatic rings. The molecular formula is C15H11F3N4O4. The van der Waals surface area contributed by atoms with Crippen LogP contribution >= 0.6 is 0 Å². The third-order valence-corrected chi connectivity index (χ3v) is 3.13. The van der Waals surface area contributed by atoms with E-state index in [1.165, 1.54) is 6.07 Å². The summed E-state index contributed by atoms with van der Waals surface area (Å²) in [4.78, 5) is 14.8. The monoisotopic (exact) mass is 368 g/mol. The molecule has 8 nitrogen and oxygen atoms in total. The Labute approximate surface area is 144 Å². The van der Waals surface area contributed by atoms with Gasteiger partial charge in [0.25, 0.3) is 5.88 Å². The fourth-order valence-corrected chi connectivity index (χ4v) is 1.79. The summed E-state index contributed by atoms with van der Waals surface area (Å²) in [7, 11) is 0. The number of rotatable bonds is 5. The first-order valence-corrected chi connectivity index (χ1v) is 7.35. The van der Waals surface area contributed by atoms with E-state index < -0.39 is 18.8 Å². The minimum absolute atomic E-state index is 0.0286. The molecule has 11 heteroatoms. The highest BCUT2D eigenvalue weighted by molar-refractivity contribution is 5.87. The number of H-pyrrole nitrogens is 1. The molecule has 0 saturated heterocycles. The van der Waals surface area contributed by atoms with Crippen LogP contribution < -0.4 is 9.47 Å². The number of nitrogens with one attached hydrogen (secondary N) is 1. The molecule has 136 valence electrons. The summed E-state index contributed by atoms with van der Waals surface area (Å²) >= 11 is 0. The Morgan fingerprint density at radius 2 is 2.15 bits per heavy atom. The fraction of sp³-hybridized carbons (Fsp3) is 0.333. The number of aromatic nitrogens is 4. The highest BCUT2D eigenvalue weighted by atomic mass is 19.4. The summed E-state index contributed by atoms with van der Waals surface area (Å²) in [5.74, 6) is 3.90. The maximum atomic E-state index is 12.4. The Morgan fingerprint density at radius 1 is 1.38 bits per heavy atom. The lowest BCUT2D eigenvalue weighted by Crippen LogP contribution is -2.20. The second-order valence-corrected chi connectivity index (χ2v) is 5.37. The minimum atomic E-state index is -4.52. The van der Waals surface area contributed by atoms with Gasteiger partial charge in [-0.2, -0.15) is 13.2 Å². The van der Waals surface area contributed by atoms with Gasteiger partial charge in [0.05, 0.1) is 11.8 Å². The molecule has 0 radical (unpaired) electrons. The van der Waals surface area contributed by atoms with Crippen LogP contribution in [-0.4, -0.2) is 44.3 Å². The van der Waals surface area contributed by atoms with E-state index in [0.29, 0.717) is 0 Å². The molecule has 2 aromatic heterocycles. The van der Waals surface area contributed by atoms with Gasteiger partial charge in [-0.15, -0.1) is 0 Å². The second-order valence-electron chi connectivity index (χ2n) is 5.37. The van der Waals surface area contributed by atoms with Gasteiger partial charge in [-0.1, -0.05) is 22.2 Å². The lowest BCUT2D eigenvalue weighted by atomic mass is 10.2. The summed E-state index contributed by atoms with van der Waals surface area (Å²) in [6.07, 6.45) is -1.59. The van der Waals surface area contributed by atoms with E-state index in [9.17, 15) is 18.0 Å². The Balaban J connectivity index is 1.85. The third kappa shape index (κ3) is 4.62. The number of nitrogens with zero attached hydrogens (tertiary/aromatic N) is 3. The predicted molar refractivity (Wildman–Crippen MR) is 78.8 cm³/mol. The summed E-state index contributed by atoms with van der Waals surface area (Å²) in [5.41, 5.74) is -0.285. The molecule has 0 aromatic carbocycles. The minimum Gasteiger partial charge on any atom is -0.476 e. The first-order chi connectivity index (χ1) is 12.3. The highest BCUT2D eigenvalue weighted by Crippen LogP contribution is 2.29. The van der Waals surface area contributed by atoms with Crippen LogP contribution in [0.3, 0.4) is 0 Å². The van der Waals surface area contributed by atoms with Gasteiger partial charge in [0.15, 0.2) is 6.61 Å². The molecule has 1 saturated carbocycles. The molecule has 0 aliphatic heterocycles. The van der Waals surface area contributed by atoms with E-state index >= 15 is 0 Å². The quantitative estimate of drug-likeness (QED) is 0.780. The number of hydrogen-bond donors (Lipinski definition) is 2. The zero-order valence-corrected chi connectivity index (χ0v) is 13.0. The van der Waals surface area contributed by atoms with E-state index in [1.807, 2.05) is 0 Å². The Bertz CT molecular complexity index is 881. The van der Waals surface area contributed by atoms with E-state index in [0.717, 1.165) is 19.0 Å². The molecule has 1 aliphatic rings. The third-order valence-electron chi connectivity index (χ3n) is 3.13. The van der Waals surface area contributed by atoms with Crippen LogP contribution in [0.2, 0.25) is 0 Å². The van der Waals surface area contributed by atoms with Gasteiger partial charge in [-0.05, 0) is 12.8 Å². The van der Waals surface area contributed by atoms with Crippen LogP contribution in [0.15, 0.2) is 12.3 Å². The van der Waals surface area contributed by atoms with Gasteiger partial charge in [-0.25, -0.2) is 14.9 Å². The van der Waals surface area contributed by atoms with Crippen molar-refractivity contribution in [3.63, 3.8) is 0 Å². The largest absolute Gasteiger partial charge is 0.476 e. The second kappa shape index (κ2) is 6.91. The average Bonchev–Trinajstić information content (AvgIpc) is 3.28. The number of ether oxygens (including phenoxy) is 2. The molecule has 3 rings (SSSR count). The van der Waals surface area contributed by atoms with Crippen molar-refractivity contribution in [3.05, 3.63) is 23.5 Å². The van der Waals surface area contributed by atoms with E-state index in [1.54, 1.807) is 0 Å². The lowest BCUT2D eigenvalue weighted by molar-refractivity contribution is -0.154. The smallest absolute Gasteiger partial charge is 0.422 e. The number of carboxylic acid groups (broad SMARTS) is 1. The number of aromatic amines is 1. The van der Waals surface area contributed by atoms with Crippen molar-refractivity contribution >= 4 is 5.97 Å². The average molecular weight is 368 g/mol. The number of alkyl halides is 3. The van der Waals surface area contributed by atoms with Crippen LogP contribution in [-0.2, 0) is 0 Å². The molecule has 0 atom stereocenters. The standard InChI is InChI=1S/C15H11F3N4O4/c16-15(17,18)7-25-12-9(4-3-8-1-2-8)5-10(6-19-12)26-13-11(14(23)24)20-22-21-13/h5-6,8H,1-2,7H2,(H,23,24)(H,20,21,22). The summed E-state index contributed by atoms with van der Waals surface area (Å²) in [5, 5.41) is 17.9. The summed E-state index contributed by atoms with van der Waals surface area (Å²) in [6.45, 7) is -1.51. The molecule has 1 aliphatic carbocycles. The number of carboxylic acids is 1. The van der Waals surface area contributed by atoms with Crippen LogP contribution in [0.4, 0.5) is 13.2 Å². The zero-order chi connectivity index (χ0) is 18.7. The van der Waals surface area contributed by atoms with Crippen molar-refractivity contribution in [2.24, 2.45) is 5.92 Å². The van der Waals surface area contributed by atoms with Gasteiger partial charge in [0, 0.05) is 12.0 Å². The molecule has 0 spiro atoms. The lowest BCUT2D eigenvalue weighted by Gasteiger charge is -2.10. The first-order valence-electron chi connectivity index (χ1n) is 7.35. The van der Waals surface area contributed by atoms with E-state index in [4.69, 9.17) is 9.84 Å². The molecule has 0 amide bonds. The van der Waals surface area contributed by atoms with Gasteiger partial charge in [0.2, 0.25) is 11.6 Å². The number of hydrogen-bond acceptors (Lipinski definition) is 6. The SMILES string of the molecule is O=C(O)c1[nH]nnc1Oc1cnc(OCC(F)(F)F)c(C#CC2CC2)c1. The van der Waals surface area contributed by atoms with Crippen LogP contribution in [0.5, 0.6) is 17.5 Å². The number of halogens is 3. The zero-order valence-electron chi connectivity index (χ0n) is 13.0. The fourth-order valence-electron chi connectivity index (χ4n) is 1.79. The van der Waals surface area contributed by atoms with Crippen LogP contribution in [0.25, 0.3) is 0 Å². The van der Waals surface area contributed by atoms with Crippen molar-refractivity contribution < 1.29 is 32.5 Å². The molecule has 2 N–H and O–H groups in total.